The monoisotopic (exact) mass is 279 g/mol. The lowest BCUT2D eigenvalue weighted by Gasteiger charge is -2.17. The van der Waals surface area contributed by atoms with Crippen LogP contribution < -0.4 is 5.32 Å². The topological polar surface area (TPSA) is 82.5 Å². The van der Waals surface area contributed by atoms with Crippen molar-refractivity contribution in [2.45, 2.75) is 32.2 Å². The van der Waals surface area contributed by atoms with E-state index in [0.717, 1.165) is 12.8 Å². The van der Waals surface area contributed by atoms with Gasteiger partial charge >= 0.3 is 5.97 Å². The third-order valence-electron chi connectivity index (χ3n) is 2.83. The van der Waals surface area contributed by atoms with Gasteiger partial charge in [0.2, 0.25) is 0 Å². The van der Waals surface area contributed by atoms with Gasteiger partial charge in [0, 0.05) is 26.3 Å². The number of nitrogens with one attached hydrogen (secondary N) is 1. The fraction of sp³-hybridized carbons (Fsp3) is 0.500. The first-order valence-corrected chi connectivity index (χ1v) is 6.60. The average Bonchev–Trinajstić information content (AvgIpc) is 2.38. The maximum atomic E-state index is 11.7. The number of hydrogen-bond donors (Lipinski definition) is 2. The summed E-state index contributed by atoms with van der Waals surface area (Å²) in [5.74, 6) is -0.366. The van der Waals surface area contributed by atoms with Crippen LogP contribution >= 0.6 is 0 Å². The maximum absolute atomic E-state index is 11.7. The highest BCUT2D eigenvalue weighted by atomic mass is 16.4. The molecule has 2 N–H and O–H groups in total. The Hall–Kier alpha value is -2.11. The SMILES string of the molecule is CCCC(CC(=O)O)Nc1ccc(C(=O)N(C)C)cn1. The van der Waals surface area contributed by atoms with Crippen molar-refractivity contribution in [3.63, 3.8) is 0 Å². The highest BCUT2D eigenvalue weighted by Crippen LogP contribution is 2.12. The number of hydrogen-bond acceptors (Lipinski definition) is 4. The first kappa shape index (κ1) is 15.9. The van der Waals surface area contributed by atoms with Crippen molar-refractivity contribution in [1.29, 1.82) is 0 Å². The molecule has 0 spiro atoms. The van der Waals surface area contributed by atoms with E-state index in [1.54, 1.807) is 26.2 Å². The van der Waals surface area contributed by atoms with Gasteiger partial charge in [0.15, 0.2) is 0 Å². The molecule has 1 amide bonds. The Morgan fingerprint density at radius 1 is 1.40 bits per heavy atom. The largest absolute Gasteiger partial charge is 0.481 e. The van der Waals surface area contributed by atoms with Crippen LogP contribution in [0.3, 0.4) is 0 Å². The molecule has 1 atom stereocenters. The Kier molecular flexibility index (Phi) is 5.96. The van der Waals surface area contributed by atoms with E-state index >= 15 is 0 Å². The second kappa shape index (κ2) is 7.47. The first-order valence-electron chi connectivity index (χ1n) is 6.60. The van der Waals surface area contributed by atoms with Crippen molar-refractivity contribution in [3.05, 3.63) is 23.9 Å². The number of rotatable bonds is 7. The summed E-state index contributed by atoms with van der Waals surface area (Å²) >= 11 is 0. The van der Waals surface area contributed by atoms with Gasteiger partial charge in [0.25, 0.3) is 5.91 Å². The number of nitrogens with zero attached hydrogens (tertiary/aromatic N) is 2. The zero-order valence-corrected chi connectivity index (χ0v) is 12.1. The quantitative estimate of drug-likeness (QED) is 0.795. The molecule has 0 fully saturated rings. The van der Waals surface area contributed by atoms with Crippen LogP contribution in [-0.4, -0.2) is 47.0 Å². The van der Waals surface area contributed by atoms with E-state index in [0.29, 0.717) is 11.4 Å². The van der Waals surface area contributed by atoms with Gasteiger partial charge in [-0.25, -0.2) is 4.98 Å². The highest BCUT2D eigenvalue weighted by molar-refractivity contribution is 5.93. The fourth-order valence-electron chi connectivity index (χ4n) is 1.86. The Morgan fingerprint density at radius 2 is 2.10 bits per heavy atom. The predicted octanol–water partition coefficient (Wildman–Crippen LogP) is 1.84. The van der Waals surface area contributed by atoms with Crippen LogP contribution in [0.1, 0.15) is 36.5 Å². The lowest BCUT2D eigenvalue weighted by atomic mass is 10.1. The van der Waals surface area contributed by atoms with E-state index in [1.807, 2.05) is 6.92 Å². The van der Waals surface area contributed by atoms with E-state index in [2.05, 4.69) is 10.3 Å². The van der Waals surface area contributed by atoms with Crippen molar-refractivity contribution in [3.8, 4) is 0 Å². The van der Waals surface area contributed by atoms with Crippen molar-refractivity contribution in [2.75, 3.05) is 19.4 Å². The van der Waals surface area contributed by atoms with Gasteiger partial charge in [-0.2, -0.15) is 0 Å². The molecule has 0 saturated heterocycles. The van der Waals surface area contributed by atoms with Crippen LogP contribution in [0.5, 0.6) is 0 Å². The third-order valence-corrected chi connectivity index (χ3v) is 2.83. The number of aliphatic carboxylic acids is 1. The zero-order chi connectivity index (χ0) is 15.1. The van der Waals surface area contributed by atoms with E-state index < -0.39 is 5.97 Å². The van der Waals surface area contributed by atoms with Crippen molar-refractivity contribution >= 4 is 17.7 Å². The number of anilines is 1. The molecule has 0 aromatic carbocycles. The van der Waals surface area contributed by atoms with Crippen LogP contribution in [0.2, 0.25) is 0 Å². The summed E-state index contributed by atoms with van der Waals surface area (Å²) in [5.41, 5.74) is 0.505. The molecular formula is C14H21N3O3. The number of carbonyl (C=O) groups excluding carboxylic acids is 1. The fourth-order valence-corrected chi connectivity index (χ4v) is 1.86. The van der Waals surface area contributed by atoms with Crippen LogP contribution in [0, 0.1) is 0 Å². The molecule has 0 aliphatic carbocycles. The van der Waals surface area contributed by atoms with E-state index in [4.69, 9.17) is 5.11 Å². The summed E-state index contributed by atoms with van der Waals surface area (Å²) in [6.07, 6.45) is 3.19. The Morgan fingerprint density at radius 3 is 2.55 bits per heavy atom. The van der Waals surface area contributed by atoms with Crippen LogP contribution in [0.4, 0.5) is 5.82 Å². The molecule has 1 heterocycles. The number of amides is 1. The molecule has 1 aromatic heterocycles. The van der Waals surface area contributed by atoms with E-state index in [-0.39, 0.29) is 18.4 Å². The minimum Gasteiger partial charge on any atom is -0.481 e. The molecule has 6 nitrogen and oxygen atoms in total. The molecule has 0 aliphatic rings. The Balaban J connectivity index is 2.72. The average molecular weight is 279 g/mol. The number of carboxylic acids is 1. The second-order valence-corrected chi connectivity index (χ2v) is 4.86. The zero-order valence-electron chi connectivity index (χ0n) is 12.1. The number of carbonyl (C=O) groups is 2. The second-order valence-electron chi connectivity index (χ2n) is 4.86. The molecule has 110 valence electrons. The molecule has 1 rings (SSSR count). The molecule has 0 saturated carbocycles. The molecule has 0 aliphatic heterocycles. The number of carboxylic acid groups (broad SMARTS) is 1. The molecule has 1 aromatic rings. The van der Waals surface area contributed by atoms with Crippen molar-refractivity contribution in [1.82, 2.24) is 9.88 Å². The molecule has 0 bridgehead atoms. The van der Waals surface area contributed by atoms with Gasteiger partial charge in [-0.1, -0.05) is 13.3 Å². The minimum atomic E-state index is -0.838. The molecular weight excluding hydrogens is 258 g/mol. The smallest absolute Gasteiger partial charge is 0.305 e. The summed E-state index contributed by atoms with van der Waals surface area (Å²) in [6.45, 7) is 2.00. The lowest BCUT2D eigenvalue weighted by molar-refractivity contribution is -0.137. The van der Waals surface area contributed by atoms with Gasteiger partial charge < -0.3 is 15.3 Å². The molecule has 0 radical (unpaired) electrons. The van der Waals surface area contributed by atoms with E-state index in [9.17, 15) is 9.59 Å². The van der Waals surface area contributed by atoms with Crippen LogP contribution in [0.15, 0.2) is 18.3 Å². The summed E-state index contributed by atoms with van der Waals surface area (Å²) in [5, 5.41) is 11.9. The van der Waals surface area contributed by atoms with Gasteiger partial charge in [-0.15, -0.1) is 0 Å². The summed E-state index contributed by atoms with van der Waals surface area (Å²) in [6, 6.07) is 3.23. The predicted molar refractivity (Wildman–Crippen MR) is 76.8 cm³/mol. The number of pyridine rings is 1. The van der Waals surface area contributed by atoms with E-state index in [1.165, 1.54) is 11.1 Å². The molecule has 6 heteroatoms. The van der Waals surface area contributed by atoms with Crippen molar-refractivity contribution < 1.29 is 14.7 Å². The van der Waals surface area contributed by atoms with Gasteiger partial charge in [0.05, 0.1) is 12.0 Å². The molecule has 20 heavy (non-hydrogen) atoms. The first-order chi connectivity index (χ1) is 9.43. The summed E-state index contributed by atoms with van der Waals surface area (Å²) in [7, 11) is 3.36. The minimum absolute atomic E-state index is 0.0495. The summed E-state index contributed by atoms with van der Waals surface area (Å²) < 4.78 is 0. The highest BCUT2D eigenvalue weighted by Gasteiger charge is 2.13. The summed E-state index contributed by atoms with van der Waals surface area (Å²) in [4.78, 5) is 28.1. The lowest BCUT2D eigenvalue weighted by Crippen LogP contribution is -2.24. The van der Waals surface area contributed by atoms with Crippen LogP contribution in [-0.2, 0) is 4.79 Å². The standard InChI is InChI=1S/C14H21N3O3/c1-4-5-11(8-13(18)19)16-12-7-6-10(9-15-12)14(20)17(2)3/h6-7,9,11H,4-5,8H2,1-3H3,(H,15,16)(H,18,19). The van der Waals surface area contributed by atoms with Crippen LogP contribution in [0.25, 0.3) is 0 Å². The third kappa shape index (κ3) is 4.87. The van der Waals surface area contributed by atoms with Crippen molar-refractivity contribution in [2.24, 2.45) is 0 Å². The normalized spacial score (nSPS) is 11.8. The molecule has 1 unspecified atom stereocenters. The Bertz CT molecular complexity index is 457. The maximum Gasteiger partial charge on any atom is 0.305 e. The van der Waals surface area contributed by atoms with Gasteiger partial charge in [-0.3, -0.25) is 9.59 Å². The van der Waals surface area contributed by atoms with Gasteiger partial charge in [0.1, 0.15) is 5.82 Å². The van der Waals surface area contributed by atoms with Gasteiger partial charge in [-0.05, 0) is 18.6 Å². The Labute approximate surface area is 118 Å². The number of aromatic nitrogens is 1.